The maximum atomic E-state index is 11.2. The Balaban J connectivity index is 2.10. The van der Waals surface area contributed by atoms with Crippen LogP contribution < -0.4 is 0 Å². The van der Waals surface area contributed by atoms with Crippen LogP contribution in [0, 0.1) is 11.3 Å². The van der Waals surface area contributed by atoms with E-state index in [2.05, 4.69) is 25.8 Å². The monoisotopic (exact) mass is 273 g/mol. The molecule has 0 saturated carbocycles. The summed E-state index contributed by atoms with van der Waals surface area (Å²) >= 11 is 1.97. The van der Waals surface area contributed by atoms with E-state index in [4.69, 9.17) is 4.74 Å². The van der Waals surface area contributed by atoms with Gasteiger partial charge in [-0.3, -0.25) is 9.69 Å². The molecule has 0 aromatic carbocycles. The Bertz CT molecular complexity index is 321. The molecule has 0 aromatic heterocycles. The summed E-state index contributed by atoms with van der Waals surface area (Å²) in [4.78, 5) is 13.5. The smallest absolute Gasteiger partial charge is 0.310 e. The number of hydrogen-bond acceptors (Lipinski definition) is 4. The second-order valence-corrected chi connectivity index (χ2v) is 7.19. The van der Waals surface area contributed by atoms with Crippen molar-refractivity contribution >= 4 is 17.7 Å². The highest BCUT2D eigenvalue weighted by atomic mass is 32.2. The van der Waals surface area contributed by atoms with Crippen LogP contribution in [-0.2, 0) is 9.53 Å². The average Bonchev–Trinajstić information content (AvgIpc) is 2.76. The number of ether oxygens (including phenoxy) is 1. The van der Waals surface area contributed by atoms with Crippen molar-refractivity contribution in [1.29, 1.82) is 0 Å². The number of aliphatic carboxylic acids is 1. The summed E-state index contributed by atoms with van der Waals surface area (Å²) in [7, 11) is 2.06. The molecule has 2 aliphatic heterocycles. The van der Waals surface area contributed by atoms with E-state index in [-0.39, 0.29) is 17.4 Å². The van der Waals surface area contributed by atoms with E-state index in [1.54, 1.807) is 0 Å². The number of carboxylic acids is 1. The zero-order chi connectivity index (χ0) is 13.3. The van der Waals surface area contributed by atoms with Crippen molar-refractivity contribution in [2.24, 2.45) is 11.3 Å². The van der Waals surface area contributed by atoms with E-state index in [0.717, 1.165) is 5.75 Å². The first-order valence-electron chi connectivity index (χ1n) is 6.54. The minimum Gasteiger partial charge on any atom is -0.481 e. The lowest BCUT2D eigenvalue weighted by Crippen LogP contribution is -2.54. The van der Waals surface area contributed by atoms with Gasteiger partial charge in [-0.25, -0.2) is 0 Å². The van der Waals surface area contributed by atoms with Gasteiger partial charge < -0.3 is 9.84 Å². The van der Waals surface area contributed by atoms with Crippen molar-refractivity contribution in [1.82, 2.24) is 4.90 Å². The van der Waals surface area contributed by atoms with Gasteiger partial charge >= 0.3 is 5.97 Å². The van der Waals surface area contributed by atoms with Gasteiger partial charge in [0.2, 0.25) is 0 Å². The van der Waals surface area contributed by atoms with Crippen LogP contribution in [0.15, 0.2) is 0 Å². The summed E-state index contributed by atoms with van der Waals surface area (Å²) in [6.45, 7) is 5.48. The quantitative estimate of drug-likeness (QED) is 0.845. The Labute approximate surface area is 113 Å². The third kappa shape index (κ3) is 2.68. The maximum Gasteiger partial charge on any atom is 0.310 e. The molecule has 2 rings (SSSR count). The predicted octanol–water partition coefficient (Wildman–Crippen LogP) is 1.55. The molecule has 1 N–H and O–H groups in total. The molecule has 2 saturated heterocycles. The molecular weight excluding hydrogens is 250 g/mol. The Morgan fingerprint density at radius 2 is 2.17 bits per heavy atom. The molecule has 3 atom stereocenters. The molecule has 104 valence electrons. The van der Waals surface area contributed by atoms with Crippen LogP contribution in [-0.4, -0.2) is 59.8 Å². The molecule has 0 bridgehead atoms. The molecule has 2 heterocycles. The summed E-state index contributed by atoms with van der Waals surface area (Å²) < 4.78 is 5.38. The number of rotatable bonds is 3. The lowest BCUT2D eigenvalue weighted by Gasteiger charge is -2.46. The Hall–Kier alpha value is -0.260. The van der Waals surface area contributed by atoms with E-state index >= 15 is 0 Å². The molecule has 0 aromatic rings. The molecule has 18 heavy (non-hydrogen) atoms. The molecule has 0 spiro atoms. The summed E-state index contributed by atoms with van der Waals surface area (Å²) in [6.07, 6.45) is 1.19. The van der Waals surface area contributed by atoms with Crippen molar-refractivity contribution < 1.29 is 14.6 Å². The van der Waals surface area contributed by atoms with Gasteiger partial charge in [0.25, 0.3) is 0 Å². The molecule has 0 aliphatic carbocycles. The van der Waals surface area contributed by atoms with E-state index in [9.17, 15) is 9.90 Å². The normalized spacial score (nSPS) is 35.9. The van der Waals surface area contributed by atoms with Gasteiger partial charge in [0, 0.05) is 17.8 Å². The zero-order valence-corrected chi connectivity index (χ0v) is 12.2. The molecule has 5 heteroatoms. The minimum atomic E-state index is -0.731. The van der Waals surface area contributed by atoms with Crippen LogP contribution in [0.3, 0.4) is 0 Å². The summed E-state index contributed by atoms with van der Waals surface area (Å²) in [6, 6.07) is 0.454. The van der Waals surface area contributed by atoms with Crippen LogP contribution >= 0.6 is 11.8 Å². The highest BCUT2D eigenvalue weighted by Gasteiger charge is 2.43. The fourth-order valence-electron chi connectivity index (χ4n) is 3.00. The SMILES string of the molecule is CN(C1COCC1C(=O)O)C1CSCCC1(C)C. The third-order valence-corrected chi connectivity index (χ3v) is 5.50. The molecule has 2 fully saturated rings. The first-order chi connectivity index (χ1) is 8.43. The van der Waals surface area contributed by atoms with Gasteiger partial charge in [0.05, 0.1) is 19.1 Å². The van der Waals surface area contributed by atoms with Crippen LogP contribution in [0.5, 0.6) is 0 Å². The summed E-state index contributed by atoms with van der Waals surface area (Å²) in [5, 5.41) is 9.25. The van der Waals surface area contributed by atoms with Crippen LogP contribution in [0.4, 0.5) is 0 Å². The Morgan fingerprint density at radius 3 is 2.78 bits per heavy atom. The van der Waals surface area contributed by atoms with Crippen LogP contribution in [0.2, 0.25) is 0 Å². The van der Waals surface area contributed by atoms with E-state index in [1.165, 1.54) is 12.2 Å². The van der Waals surface area contributed by atoms with Crippen molar-refractivity contribution in [2.75, 3.05) is 31.8 Å². The number of hydrogen-bond donors (Lipinski definition) is 1. The first-order valence-corrected chi connectivity index (χ1v) is 7.69. The molecule has 3 unspecified atom stereocenters. The second-order valence-electron chi connectivity index (χ2n) is 6.04. The zero-order valence-electron chi connectivity index (χ0n) is 11.4. The number of thioether (sulfide) groups is 1. The van der Waals surface area contributed by atoms with Gasteiger partial charge in [-0.1, -0.05) is 13.8 Å². The van der Waals surface area contributed by atoms with Crippen LogP contribution in [0.25, 0.3) is 0 Å². The molecule has 4 nitrogen and oxygen atoms in total. The number of carbonyl (C=O) groups is 1. The van der Waals surface area contributed by atoms with Crippen molar-refractivity contribution in [3.63, 3.8) is 0 Å². The average molecular weight is 273 g/mol. The lowest BCUT2D eigenvalue weighted by atomic mass is 9.80. The highest BCUT2D eigenvalue weighted by molar-refractivity contribution is 7.99. The molecule has 0 amide bonds. The third-order valence-electron chi connectivity index (χ3n) is 4.45. The number of nitrogens with zero attached hydrogens (tertiary/aromatic N) is 1. The van der Waals surface area contributed by atoms with Crippen molar-refractivity contribution in [3.8, 4) is 0 Å². The topological polar surface area (TPSA) is 49.8 Å². The fraction of sp³-hybridized carbons (Fsp3) is 0.923. The first kappa shape index (κ1) is 14.2. The number of likely N-dealkylation sites (N-methyl/N-ethyl adjacent to an activating group) is 1. The van der Waals surface area contributed by atoms with Crippen LogP contribution in [0.1, 0.15) is 20.3 Å². The standard InChI is InChI=1S/C13H23NO3S/c1-13(2)4-5-18-8-11(13)14(3)10-7-17-6-9(10)12(15)16/h9-11H,4-8H2,1-3H3,(H,15,16). The van der Waals surface area contributed by atoms with E-state index in [1.807, 2.05) is 11.8 Å². The summed E-state index contributed by atoms with van der Waals surface area (Å²) in [5.41, 5.74) is 0.256. The van der Waals surface area contributed by atoms with Gasteiger partial charge in [-0.2, -0.15) is 11.8 Å². The minimum absolute atomic E-state index is 0.0190. The lowest BCUT2D eigenvalue weighted by molar-refractivity contribution is -0.143. The van der Waals surface area contributed by atoms with Gasteiger partial charge in [0.1, 0.15) is 0 Å². The molecular formula is C13H23NO3S. The molecule has 2 aliphatic rings. The Kier molecular flexibility index (Phi) is 4.24. The fourth-order valence-corrected chi connectivity index (χ4v) is 4.75. The molecule has 0 radical (unpaired) electrons. The second kappa shape index (κ2) is 5.39. The largest absolute Gasteiger partial charge is 0.481 e. The summed E-state index contributed by atoms with van der Waals surface area (Å²) in [5.74, 6) is 1.19. The van der Waals surface area contributed by atoms with Gasteiger partial charge in [-0.05, 0) is 24.6 Å². The number of carboxylic acid groups (broad SMARTS) is 1. The van der Waals surface area contributed by atoms with E-state index in [0.29, 0.717) is 19.3 Å². The van der Waals surface area contributed by atoms with Crippen molar-refractivity contribution in [3.05, 3.63) is 0 Å². The van der Waals surface area contributed by atoms with Gasteiger partial charge in [0.15, 0.2) is 0 Å². The predicted molar refractivity (Wildman–Crippen MR) is 73.0 cm³/mol. The Morgan fingerprint density at radius 1 is 1.44 bits per heavy atom. The van der Waals surface area contributed by atoms with Crippen molar-refractivity contribution in [2.45, 2.75) is 32.4 Å². The van der Waals surface area contributed by atoms with E-state index < -0.39 is 5.97 Å². The highest BCUT2D eigenvalue weighted by Crippen LogP contribution is 2.38. The maximum absolute atomic E-state index is 11.2. The van der Waals surface area contributed by atoms with Gasteiger partial charge in [-0.15, -0.1) is 0 Å².